The lowest BCUT2D eigenvalue weighted by atomic mass is 10.3. The highest BCUT2D eigenvalue weighted by Crippen LogP contribution is 2.19. The van der Waals surface area contributed by atoms with Crippen LogP contribution in [-0.4, -0.2) is 39.3 Å². The van der Waals surface area contributed by atoms with Crippen LogP contribution in [-0.2, 0) is 0 Å². The number of rotatable bonds is 4. The summed E-state index contributed by atoms with van der Waals surface area (Å²) in [5.74, 6) is -0.264. The van der Waals surface area contributed by atoms with Gasteiger partial charge in [0, 0.05) is 12.7 Å². The van der Waals surface area contributed by atoms with Crippen molar-refractivity contribution in [2.45, 2.75) is 18.2 Å². The monoisotopic (exact) mass is 265 g/mol. The maximum Gasteiger partial charge on any atom is 0.272 e. The van der Waals surface area contributed by atoms with Crippen LogP contribution >= 0.6 is 11.8 Å². The predicted octanol–water partition coefficient (Wildman–Crippen LogP) is 1.17. The first-order valence-corrected chi connectivity index (χ1v) is 6.83. The van der Waals surface area contributed by atoms with E-state index in [-0.39, 0.29) is 12.5 Å². The van der Waals surface area contributed by atoms with Gasteiger partial charge in [-0.05, 0) is 25.3 Å². The summed E-state index contributed by atoms with van der Waals surface area (Å²) < 4.78 is 1.88. The van der Waals surface area contributed by atoms with Gasteiger partial charge in [0.2, 0.25) is 0 Å². The maximum atomic E-state index is 12.0. The van der Waals surface area contributed by atoms with E-state index in [2.05, 4.69) is 10.3 Å². The van der Waals surface area contributed by atoms with Crippen molar-refractivity contribution in [2.24, 2.45) is 0 Å². The summed E-state index contributed by atoms with van der Waals surface area (Å²) in [6, 6.07) is 5.61. The fraction of sp³-hybridized carbons (Fsp3) is 0.333. The minimum Gasteiger partial charge on any atom is -0.392 e. The Morgan fingerprint density at radius 3 is 3.06 bits per heavy atom. The molecule has 2 aromatic rings. The predicted molar refractivity (Wildman–Crippen MR) is 71.0 cm³/mol. The van der Waals surface area contributed by atoms with Gasteiger partial charge in [-0.1, -0.05) is 17.8 Å². The molecule has 0 radical (unpaired) electrons. The number of hydrogen-bond acceptors (Lipinski definition) is 4. The van der Waals surface area contributed by atoms with Gasteiger partial charge in [-0.2, -0.15) is 0 Å². The smallest absolute Gasteiger partial charge is 0.272 e. The van der Waals surface area contributed by atoms with Crippen LogP contribution in [0.1, 0.15) is 17.4 Å². The molecular formula is C12H15N3O2S. The number of aliphatic hydroxyl groups excluding tert-OH is 1. The fourth-order valence-electron chi connectivity index (χ4n) is 1.64. The van der Waals surface area contributed by atoms with E-state index in [1.54, 1.807) is 6.92 Å². The molecule has 1 amide bonds. The number of hydrogen-bond donors (Lipinski definition) is 2. The van der Waals surface area contributed by atoms with Crippen molar-refractivity contribution >= 4 is 23.2 Å². The van der Waals surface area contributed by atoms with Crippen LogP contribution in [0, 0.1) is 0 Å². The van der Waals surface area contributed by atoms with E-state index >= 15 is 0 Å². The Morgan fingerprint density at radius 1 is 1.61 bits per heavy atom. The second-order valence-corrected chi connectivity index (χ2v) is 4.74. The average Bonchev–Trinajstić information content (AvgIpc) is 2.75. The normalized spacial score (nSPS) is 12.6. The van der Waals surface area contributed by atoms with Crippen LogP contribution in [0.25, 0.3) is 5.52 Å². The van der Waals surface area contributed by atoms with Gasteiger partial charge in [-0.3, -0.25) is 9.20 Å². The van der Waals surface area contributed by atoms with Crippen LogP contribution < -0.4 is 5.32 Å². The Hall–Kier alpha value is -1.53. The molecule has 2 rings (SSSR count). The highest BCUT2D eigenvalue weighted by molar-refractivity contribution is 7.98. The number of carbonyl (C=O) groups excluding carboxylic acids is 1. The van der Waals surface area contributed by atoms with Crippen LogP contribution in [0.5, 0.6) is 0 Å². The Balaban J connectivity index is 2.35. The standard InChI is InChI=1S/C12H15N3O2S/c1-8(16)7-13-11(17)10-9-5-3-4-6-15(9)12(14-10)18-2/h3-6,8,16H,7H2,1-2H3,(H,13,17). The molecule has 1 atom stereocenters. The van der Waals surface area contributed by atoms with Crippen LogP contribution in [0.4, 0.5) is 0 Å². The van der Waals surface area contributed by atoms with E-state index in [0.29, 0.717) is 5.69 Å². The molecular weight excluding hydrogens is 250 g/mol. The van der Waals surface area contributed by atoms with E-state index in [4.69, 9.17) is 5.11 Å². The van der Waals surface area contributed by atoms with Crippen molar-refractivity contribution < 1.29 is 9.90 Å². The molecule has 0 fully saturated rings. The summed E-state index contributed by atoms with van der Waals surface area (Å²) in [5, 5.41) is 12.6. The SMILES string of the molecule is CSc1nc(C(=O)NCC(C)O)c2ccccn12. The number of imidazole rings is 1. The van der Waals surface area contributed by atoms with Crippen molar-refractivity contribution in [1.29, 1.82) is 0 Å². The Kier molecular flexibility index (Phi) is 3.88. The van der Waals surface area contributed by atoms with Gasteiger partial charge in [0.05, 0.1) is 11.6 Å². The maximum absolute atomic E-state index is 12.0. The lowest BCUT2D eigenvalue weighted by molar-refractivity contribution is 0.0921. The molecule has 96 valence electrons. The lowest BCUT2D eigenvalue weighted by Crippen LogP contribution is -2.30. The molecule has 18 heavy (non-hydrogen) atoms. The zero-order valence-corrected chi connectivity index (χ0v) is 11.1. The third-order valence-corrected chi connectivity index (χ3v) is 3.12. The third kappa shape index (κ3) is 2.49. The zero-order valence-electron chi connectivity index (χ0n) is 10.3. The first-order valence-electron chi connectivity index (χ1n) is 5.61. The highest BCUT2D eigenvalue weighted by Gasteiger charge is 2.16. The summed E-state index contributed by atoms with van der Waals surface area (Å²) in [6.07, 6.45) is 3.22. The summed E-state index contributed by atoms with van der Waals surface area (Å²) >= 11 is 1.48. The largest absolute Gasteiger partial charge is 0.392 e. The molecule has 0 saturated heterocycles. The number of aromatic nitrogens is 2. The van der Waals surface area contributed by atoms with Gasteiger partial charge >= 0.3 is 0 Å². The van der Waals surface area contributed by atoms with Crippen LogP contribution in [0.15, 0.2) is 29.6 Å². The van der Waals surface area contributed by atoms with Gasteiger partial charge in [-0.25, -0.2) is 4.98 Å². The van der Waals surface area contributed by atoms with E-state index in [1.807, 2.05) is 35.1 Å². The van der Waals surface area contributed by atoms with Gasteiger partial charge in [0.15, 0.2) is 10.9 Å². The second kappa shape index (κ2) is 5.41. The van der Waals surface area contributed by atoms with Crippen molar-refractivity contribution in [3.05, 3.63) is 30.1 Å². The molecule has 0 aliphatic rings. The van der Waals surface area contributed by atoms with Crippen molar-refractivity contribution in [2.75, 3.05) is 12.8 Å². The molecule has 6 heteroatoms. The average molecular weight is 265 g/mol. The number of nitrogens with zero attached hydrogens (tertiary/aromatic N) is 2. The van der Waals surface area contributed by atoms with E-state index in [1.165, 1.54) is 11.8 Å². The number of amides is 1. The van der Waals surface area contributed by atoms with Gasteiger partial charge in [-0.15, -0.1) is 0 Å². The third-order valence-electron chi connectivity index (χ3n) is 2.47. The molecule has 2 aromatic heterocycles. The van der Waals surface area contributed by atoms with Crippen molar-refractivity contribution in [3.63, 3.8) is 0 Å². The van der Waals surface area contributed by atoms with Crippen molar-refractivity contribution in [1.82, 2.24) is 14.7 Å². The van der Waals surface area contributed by atoms with Crippen molar-refractivity contribution in [3.8, 4) is 0 Å². The van der Waals surface area contributed by atoms with Crippen LogP contribution in [0.2, 0.25) is 0 Å². The minimum absolute atomic E-state index is 0.222. The quantitative estimate of drug-likeness (QED) is 0.814. The summed E-state index contributed by atoms with van der Waals surface area (Å²) in [7, 11) is 0. The molecule has 2 N–H and O–H groups in total. The summed E-state index contributed by atoms with van der Waals surface area (Å²) in [4.78, 5) is 16.3. The molecule has 0 saturated carbocycles. The number of carbonyl (C=O) groups is 1. The van der Waals surface area contributed by atoms with Gasteiger partial charge in [0.25, 0.3) is 5.91 Å². The first-order chi connectivity index (χ1) is 8.63. The zero-order chi connectivity index (χ0) is 13.1. The molecule has 2 heterocycles. The molecule has 1 unspecified atom stereocenters. The number of fused-ring (bicyclic) bond motifs is 1. The molecule has 0 aliphatic carbocycles. The second-order valence-electron chi connectivity index (χ2n) is 3.96. The Bertz CT molecular complexity index is 565. The minimum atomic E-state index is -0.567. The van der Waals surface area contributed by atoms with Gasteiger partial charge < -0.3 is 10.4 Å². The van der Waals surface area contributed by atoms with Gasteiger partial charge in [0.1, 0.15) is 0 Å². The lowest BCUT2D eigenvalue weighted by Gasteiger charge is -2.05. The molecule has 0 aromatic carbocycles. The molecule has 0 aliphatic heterocycles. The topological polar surface area (TPSA) is 66.6 Å². The summed E-state index contributed by atoms with van der Waals surface area (Å²) in [5.41, 5.74) is 1.16. The van der Waals surface area contributed by atoms with Crippen LogP contribution in [0.3, 0.4) is 0 Å². The van der Waals surface area contributed by atoms with E-state index in [9.17, 15) is 4.79 Å². The first kappa shape index (κ1) is 12.9. The van der Waals surface area contributed by atoms with E-state index in [0.717, 1.165) is 10.7 Å². The number of thioether (sulfide) groups is 1. The Morgan fingerprint density at radius 2 is 2.39 bits per heavy atom. The molecule has 5 nitrogen and oxygen atoms in total. The molecule has 0 spiro atoms. The Labute approximate surface area is 109 Å². The molecule has 0 bridgehead atoms. The number of aliphatic hydroxyl groups is 1. The number of pyridine rings is 1. The van der Waals surface area contributed by atoms with E-state index < -0.39 is 6.10 Å². The highest BCUT2D eigenvalue weighted by atomic mass is 32.2. The number of nitrogens with one attached hydrogen (secondary N) is 1. The fourth-order valence-corrected chi connectivity index (χ4v) is 2.18. The summed E-state index contributed by atoms with van der Waals surface area (Å²) in [6.45, 7) is 1.85.